The third-order valence-corrected chi connectivity index (χ3v) is 13.8. The van der Waals surface area contributed by atoms with Gasteiger partial charge >= 0.3 is 17.9 Å². The second-order valence-electron chi connectivity index (χ2n) is 21.3. The van der Waals surface area contributed by atoms with Crippen molar-refractivity contribution in [2.45, 2.75) is 309 Å². The molecule has 0 aliphatic carbocycles. The highest BCUT2D eigenvalue weighted by Gasteiger charge is 2.19. The average Bonchev–Trinajstić information content (AvgIpc) is 3.43. The fourth-order valence-electron chi connectivity index (χ4n) is 8.93. The Morgan fingerprint density at radius 2 is 0.558 bits per heavy atom. The van der Waals surface area contributed by atoms with Crippen molar-refractivity contribution in [2.75, 3.05) is 13.2 Å². The van der Waals surface area contributed by atoms with Gasteiger partial charge in [-0.1, -0.05) is 284 Å². The fourth-order valence-corrected chi connectivity index (χ4v) is 8.93. The van der Waals surface area contributed by atoms with Gasteiger partial charge in [-0.2, -0.15) is 0 Å². The van der Waals surface area contributed by atoms with Gasteiger partial charge < -0.3 is 14.2 Å². The second kappa shape index (κ2) is 64.6. The predicted octanol–water partition coefficient (Wildman–Crippen LogP) is 22.2. The number of carbonyl (C=O) groups is 3. The highest BCUT2D eigenvalue weighted by molar-refractivity contribution is 5.72. The van der Waals surface area contributed by atoms with Gasteiger partial charge in [0.2, 0.25) is 0 Å². The molecule has 0 amide bonds. The minimum atomic E-state index is -0.823. The van der Waals surface area contributed by atoms with Crippen LogP contribution in [0.3, 0.4) is 0 Å². The maximum absolute atomic E-state index is 12.9. The summed E-state index contributed by atoms with van der Waals surface area (Å²) in [5.41, 5.74) is 0. The first-order chi connectivity index (χ1) is 38.0. The summed E-state index contributed by atoms with van der Waals surface area (Å²) in [7, 11) is 0. The molecule has 0 aliphatic heterocycles. The third kappa shape index (κ3) is 62.8. The van der Waals surface area contributed by atoms with Crippen LogP contribution >= 0.6 is 0 Å². The average molecular weight is 1070 g/mol. The standard InChI is InChI=1S/C71H120O6/c1-4-7-10-13-16-19-22-25-28-30-32-33-34-35-36-37-39-40-43-46-49-52-55-58-61-64-70(73)76-67-68(66-75-69(72)63-60-57-54-51-48-45-42-27-24-21-18-15-12-9-6-3)77-71(74)65-62-59-56-53-50-47-44-41-38-31-29-26-23-20-17-14-11-8-5-2/h9,12,17-18,20-22,25-27,29-30,32,42,48,51,57,60,68H,4-8,10-11,13-16,19,23-24,28,31,33-41,43-47,49-50,52-56,58-59,61-67H2,1-3H3/b12-9-,20-17-,21-18-,25-22-,29-26-,32-30-,42-27-,51-48-,60-57-. The summed E-state index contributed by atoms with van der Waals surface area (Å²) in [5.74, 6) is -1.04. The van der Waals surface area contributed by atoms with E-state index in [1.165, 1.54) is 180 Å². The van der Waals surface area contributed by atoms with Gasteiger partial charge in [-0.15, -0.1) is 0 Å². The number of unbranched alkanes of at least 4 members (excludes halogenated alkanes) is 30. The van der Waals surface area contributed by atoms with Gasteiger partial charge in [0.15, 0.2) is 6.10 Å². The number of carbonyl (C=O) groups excluding carboxylic acids is 3. The third-order valence-electron chi connectivity index (χ3n) is 13.8. The molecule has 0 spiro atoms. The van der Waals surface area contributed by atoms with Gasteiger partial charge in [-0.25, -0.2) is 0 Å². The van der Waals surface area contributed by atoms with Gasteiger partial charge in [-0.05, 0) is 109 Å². The summed E-state index contributed by atoms with van der Waals surface area (Å²) in [6, 6.07) is 0. The number of allylic oxidation sites excluding steroid dienone is 17. The van der Waals surface area contributed by atoms with Crippen LogP contribution in [0.1, 0.15) is 303 Å². The van der Waals surface area contributed by atoms with Crippen molar-refractivity contribution in [3.63, 3.8) is 0 Å². The lowest BCUT2D eigenvalue weighted by molar-refractivity contribution is -0.166. The maximum atomic E-state index is 12.9. The Kier molecular flexibility index (Phi) is 61.3. The molecule has 0 saturated heterocycles. The number of hydrogen-bond acceptors (Lipinski definition) is 6. The zero-order valence-electron chi connectivity index (χ0n) is 50.4. The van der Waals surface area contributed by atoms with Crippen molar-refractivity contribution < 1.29 is 28.6 Å². The summed E-state index contributed by atoms with van der Waals surface area (Å²) >= 11 is 0. The number of hydrogen-bond donors (Lipinski definition) is 0. The smallest absolute Gasteiger partial charge is 0.309 e. The van der Waals surface area contributed by atoms with Gasteiger partial charge in [0.1, 0.15) is 13.2 Å². The van der Waals surface area contributed by atoms with Gasteiger partial charge in [0.25, 0.3) is 0 Å². The zero-order valence-corrected chi connectivity index (χ0v) is 50.4. The summed E-state index contributed by atoms with van der Waals surface area (Å²) in [6.07, 6.45) is 88.4. The normalized spacial score (nSPS) is 12.8. The molecule has 0 rings (SSSR count). The Morgan fingerprint density at radius 3 is 0.935 bits per heavy atom. The van der Waals surface area contributed by atoms with E-state index < -0.39 is 12.1 Å². The molecule has 440 valence electrons. The van der Waals surface area contributed by atoms with E-state index in [0.717, 1.165) is 83.5 Å². The SMILES string of the molecule is CC/C=C\C/C=C\C/C=C\C/C=C\C/C=C\CC(=O)OCC(COC(=O)CCCCCCCCCCCCCCC/C=C\C/C=C\CCCCCCC)OC(=O)CCCCCCCCCCC/C=C\C/C=C\CCCCC. The summed E-state index contributed by atoms with van der Waals surface area (Å²) < 4.78 is 16.8. The van der Waals surface area contributed by atoms with E-state index in [0.29, 0.717) is 12.8 Å². The largest absolute Gasteiger partial charge is 0.462 e. The van der Waals surface area contributed by atoms with Crippen LogP contribution in [-0.2, 0) is 28.6 Å². The molecule has 0 aromatic carbocycles. The summed E-state index contributed by atoms with van der Waals surface area (Å²) in [4.78, 5) is 38.3. The van der Waals surface area contributed by atoms with Crippen LogP contribution in [0.4, 0.5) is 0 Å². The van der Waals surface area contributed by atoms with Crippen LogP contribution in [-0.4, -0.2) is 37.2 Å². The van der Waals surface area contributed by atoms with Crippen molar-refractivity contribution in [3.8, 4) is 0 Å². The number of ether oxygens (including phenoxy) is 3. The Hall–Kier alpha value is -3.93. The molecule has 1 unspecified atom stereocenters. The van der Waals surface area contributed by atoms with Crippen LogP contribution in [0.15, 0.2) is 109 Å². The first-order valence-corrected chi connectivity index (χ1v) is 32.4. The van der Waals surface area contributed by atoms with Crippen molar-refractivity contribution in [1.82, 2.24) is 0 Å². The summed E-state index contributed by atoms with van der Waals surface area (Å²) in [6.45, 7) is 6.42. The molecule has 6 nitrogen and oxygen atoms in total. The monoisotopic (exact) mass is 1070 g/mol. The molecule has 0 aromatic heterocycles. The first kappa shape index (κ1) is 73.1. The minimum Gasteiger partial charge on any atom is -0.462 e. The first-order valence-electron chi connectivity index (χ1n) is 32.4. The molecule has 0 N–H and O–H groups in total. The Bertz CT molecular complexity index is 1560. The van der Waals surface area contributed by atoms with Crippen LogP contribution in [0, 0.1) is 0 Å². The lowest BCUT2D eigenvalue weighted by atomic mass is 10.0. The quantitative estimate of drug-likeness (QED) is 0.0261. The van der Waals surface area contributed by atoms with Crippen LogP contribution in [0.2, 0.25) is 0 Å². The highest BCUT2D eigenvalue weighted by atomic mass is 16.6. The maximum Gasteiger partial charge on any atom is 0.309 e. The molecule has 0 heterocycles. The van der Waals surface area contributed by atoms with Crippen LogP contribution in [0.5, 0.6) is 0 Å². The zero-order chi connectivity index (χ0) is 55.7. The van der Waals surface area contributed by atoms with E-state index in [2.05, 4.69) is 118 Å². The van der Waals surface area contributed by atoms with E-state index >= 15 is 0 Å². The lowest BCUT2D eigenvalue weighted by Crippen LogP contribution is -2.30. The van der Waals surface area contributed by atoms with Gasteiger partial charge in [0, 0.05) is 12.8 Å². The van der Waals surface area contributed by atoms with Crippen LogP contribution in [0.25, 0.3) is 0 Å². The Labute approximate surface area is 476 Å². The Balaban J connectivity index is 4.40. The van der Waals surface area contributed by atoms with Crippen molar-refractivity contribution in [2.24, 2.45) is 0 Å². The molecule has 77 heavy (non-hydrogen) atoms. The van der Waals surface area contributed by atoms with E-state index in [4.69, 9.17) is 14.2 Å². The van der Waals surface area contributed by atoms with Crippen LogP contribution < -0.4 is 0 Å². The minimum absolute atomic E-state index is 0.110. The van der Waals surface area contributed by atoms with Gasteiger partial charge in [0.05, 0.1) is 6.42 Å². The Morgan fingerprint density at radius 1 is 0.286 bits per heavy atom. The lowest BCUT2D eigenvalue weighted by Gasteiger charge is -2.18. The molecule has 0 fully saturated rings. The fraction of sp³-hybridized carbons (Fsp3) is 0.704. The molecule has 0 radical (unpaired) electrons. The molecule has 0 saturated carbocycles. The van der Waals surface area contributed by atoms with Crippen molar-refractivity contribution >= 4 is 17.9 Å². The second-order valence-corrected chi connectivity index (χ2v) is 21.3. The van der Waals surface area contributed by atoms with E-state index in [-0.39, 0.29) is 31.6 Å². The summed E-state index contributed by atoms with van der Waals surface area (Å²) in [5, 5.41) is 0. The van der Waals surface area contributed by atoms with Crippen molar-refractivity contribution in [3.05, 3.63) is 109 Å². The number of rotatable bonds is 58. The molecule has 0 aliphatic rings. The molecule has 0 aromatic rings. The molecule has 0 bridgehead atoms. The molecular weight excluding hydrogens is 949 g/mol. The van der Waals surface area contributed by atoms with Crippen molar-refractivity contribution in [1.29, 1.82) is 0 Å². The highest BCUT2D eigenvalue weighted by Crippen LogP contribution is 2.16. The van der Waals surface area contributed by atoms with E-state index in [9.17, 15) is 14.4 Å². The topological polar surface area (TPSA) is 78.9 Å². The van der Waals surface area contributed by atoms with E-state index in [1.54, 1.807) is 6.08 Å². The van der Waals surface area contributed by atoms with Gasteiger partial charge in [-0.3, -0.25) is 14.4 Å². The number of esters is 3. The van der Waals surface area contributed by atoms with E-state index in [1.807, 2.05) is 6.08 Å². The molecular formula is C71H120O6. The molecule has 6 heteroatoms. The predicted molar refractivity (Wildman–Crippen MR) is 334 cm³/mol. The molecule has 1 atom stereocenters.